The fraction of sp³-hybridized carbons (Fsp3) is 0.333. The SMILES string of the molecule is C=CC(=O)N1C[C@H](C)N(c2nc(=O)n(-c3c(C)ccnc3C(C)C)c3nc(-c4ccccc4NC(C)=O)c(Cl)cc23)C[C@H]1C. The third-order valence-corrected chi connectivity index (χ3v) is 8.22. The zero-order valence-electron chi connectivity index (χ0n) is 25.8. The van der Waals surface area contributed by atoms with Gasteiger partial charge in [-0.1, -0.05) is 50.2 Å². The molecule has 1 aliphatic heterocycles. The van der Waals surface area contributed by atoms with Crippen LogP contribution < -0.4 is 15.9 Å². The Kier molecular flexibility index (Phi) is 8.56. The van der Waals surface area contributed by atoms with E-state index in [1.807, 2.05) is 63.8 Å². The van der Waals surface area contributed by atoms with Crippen LogP contribution in [-0.2, 0) is 9.59 Å². The van der Waals surface area contributed by atoms with Crippen molar-refractivity contribution in [2.24, 2.45) is 0 Å². The number of fused-ring (bicyclic) bond motifs is 1. The molecule has 11 heteroatoms. The van der Waals surface area contributed by atoms with Crippen molar-refractivity contribution in [2.75, 3.05) is 23.3 Å². The molecule has 228 valence electrons. The van der Waals surface area contributed by atoms with Crippen molar-refractivity contribution >= 4 is 46.0 Å². The monoisotopic (exact) mass is 613 g/mol. The Bertz CT molecular complexity index is 1850. The number of halogens is 1. The molecule has 0 unspecified atom stereocenters. The first-order chi connectivity index (χ1) is 20.9. The van der Waals surface area contributed by atoms with E-state index in [1.165, 1.54) is 17.6 Å². The van der Waals surface area contributed by atoms with Crippen molar-refractivity contribution < 1.29 is 9.59 Å². The van der Waals surface area contributed by atoms with E-state index in [9.17, 15) is 14.4 Å². The van der Waals surface area contributed by atoms with Gasteiger partial charge < -0.3 is 15.1 Å². The van der Waals surface area contributed by atoms with Gasteiger partial charge in [0.05, 0.1) is 33.2 Å². The maximum atomic E-state index is 14.2. The number of piperazine rings is 1. The number of aryl methyl sites for hydroxylation is 1. The van der Waals surface area contributed by atoms with Gasteiger partial charge in [0.25, 0.3) is 0 Å². The first-order valence-electron chi connectivity index (χ1n) is 14.6. The Labute approximate surface area is 261 Å². The third-order valence-electron chi connectivity index (χ3n) is 7.93. The highest BCUT2D eigenvalue weighted by Gasteiger charge is 2.34. The number of carbonyl (C=O) groups excluding carboxylic acids is 2. The molecule has 1 N–H and O–H groups in total. The van der Waals surface area contributed by atoms with E-state index in [4.69, 9.17) is 16.6 Å². The zero-order valence-corrected chi connectivity index (χ0v) is 26.5. The van der Waals surface area contributed by atoms with E-state index >= 15 is 0 Å². The van der Waals surface area contributed by atoms with Gasteiger partial charge in [-0.2, -0.15) is 4.98 Å². The normalized spacial score (nSPS) is 16.8. The topological polar surface area (TPSA) is 113 Å². The molecule has 2 amide bonds. The lowest BCUT2D eigenvalue weighted by atomic mass is 10.0. The molecule has 0 aliphatic carbocycles. The van der Waals surface area contributed by atoms with E-state index in [-0.39, 0.29) is 29.8 Å². The number of hydrogen-bond acceptors (Lipinski definition) is 7. The Morgan fingerprint density at radius 1 is 1.11 bits per heavy atom. The van der Waals surface area contributed by atoms with E-state index < -0.39 is 5.69 Å². The molecule has 5 rings (SSSR count). The minimum atomic E-state index is -0.508. The van der Waals surface area contributed by atoms with Crippen molar-refractivity contribution in [1.82, 2.24) is 24.4 Å². The predicted octanol–water partition coefficient (Wildman–Crippen LogP) is 5.50. The van der Waals surface area contributed by atoms with Gasteiger partial charge >= 0.3 is 5.69 Å². The summed E-state index contributed by atoms with van der Waals surface area (Å²) in [4.78, 5) is 56.8. The second-order valence-corrected chi connectivity index (χ2v) is 11.9. The molecular weight excluding hydrogens is 578 g/mol. The fourth-order valence-electron chi connectivity index (χ4n) is 5.83. The number of carbonyl (C=O) groups is 2. The maximum absolute atomic E-state index is 14.2. The summed E-state index contributed by atoms with van der Waals surface area (Å²) >= 11 is 6.97. The number of pyridine rings is 2. The third kappa shape index (κ3) is 5.57. The highest BCUT2D eigenvalue weighted by Crippen LogP contribution is 2.38. The Hall–Kier alpha value is -4.57. The predicted molar refractivity (Wildman–Crippen MR) is 175 cm³/mol. The van der Waals surface area contributed by atoms with Crippen molar-refractivity contribution in [3.8, 4) is 16.9 Å². The molecule has 1 aliphatic rings. The molecule has 4 heterocycles. The fourth-order valence-corrected chi connectivity index (χ4v) is 6.09. The van der Waals surface area contributed by atoms with Gasteiger partial charge in [0, 0.05) is 43.9 Å². The number of nitrogens with zero attached hydrogens (tertiary/aromatic N) is 6. The average Bonchev–Trinajstić information content (AvgIpc) is 2.97. The van der Waals surface area contributed by atoms with E-state index in [0.29, 0.717) is 57.6 Å². The van der Waals surface area contributed by atoms with Crippen LogP contribution in [0.2, 0.25) is 5.02 Å². The Morgan fingerprint density at radius 3 is 2.52 bits per heavy atom. The van der Waals surface area contributed by atoms with Crippen LogP contribution in [0.25, 0.3) is 28.0 Å². The molecular formula is C33H36ClN7O3. The largest absolute Gasteiger partial charge is 0.355 e. The summed E-state index contributed by atoms with van der Waals surface area (Å²) in [6, 6.07) is 10.6. The Morgan fingerprint density at radius 2 is 1.84 bits per heavy atom. The number of amides is 2. The number of nitrogens with one attached hydrogen (secondary N) is 1. The first-order valence-corrected chi connectivity index (χ1v) is 15.0. The van der Waals surface area contributed by atoms with Crippen LogP contribution in [0.1, 0.15) is 51.8 Å². The van der Waals surface area contributed by atoms with Crippen molar-refractivity contribution in [2.45, 2.75) is 59.5 Å². The molecule has 1 aromatic carbocycles. The molecule has 0 spiro atoms. The van der Waals surface area contributed by atoms with E-state index in [1.54, 1.807) is 23.2 Å². The summed E-state index contributed by atoms with van der Waals surface area (Å²) in [7, 11) is 0. The Balaban J connectivity index is 1.83. The van der Waals surface area contributed by atoms with Crippen molar-refractivity contribution in [3.63, 3.8) is 0 Å². The van der Waals surface area contributed by atoms with Gasteiger partial charge in [0.1, 0.15) is 5.82 Å². The second-order valence-electron chi connectivity index (χ2n) is 11.5. The number of para-hydroxylation sites is 1. The maximum Gasteiger partial charge on any atom is 0.355 e. The van der Waals surface area contributed by atoms with Crippen LogP contribution >= 0.6 is 11.6 Å². The summed E-state index contributed by atoms with van der Waals surface area (Å²) in [5.41, 5.74) is 3.61. The van der Waals surface area contributed by atoms with Crippen LogP contribution in [0.3, 0.4) is 0 Å². The lowest BCUT2D eigenvalue weighted by Gasteiger charge is -2.44. The molecule has 10 nitrogen and oxygen atoms in total. The van der Waals surface area contributed by atoms with Crippen molar-refractivity contribution in [3.05, 3.63) is 82.0 Å². The van der Waals surface area contributed by atoms with E-state index in [0.717, 1.165) is 11.3 Å². The van der Waals surface area contributed by atoms with Gasteiger partial charge in [-0.05, 0) is 56.5 Å². The number of benzene rings is 1. The zero-order chi connectivity index (χ0) is 31.9. The quantitative estimate of drug-likeness (QED) is 0.286. The second kappa shape index (κ2) is 12.2. The molecule has 1 saturated heterocycles. The van der Waals surface area contributed by atoms with Crippen molar-refractivity contribution in [1.29, 1.82) is 0 Å². The molecule has 3 aromatic heterocycles. The highest BCUT2D eigenvalue weighted by atomic mass is 35.5. The van der Waals surface area contributed by atoms with Crippen LogP contribution in [0.4, 0.5) is 11.5 Å². The molecule has 1 fully saturated rings. The summed E-state index contributed by atoms with van der Waals surface area (Å²) in [5, 5.41) is 3.76. The molecule has 0 bridgehead atoms. The summed E-state index contributed by atoms with van der Waals surface area (Å²) in [6.45, 7) is 15.9. The first kappa shape index (κ1) is 30.9. The summed E-state index contributed by atoms with van der Waals surface area (Å²) in [5.74, 6) is 0.0744. The van der Waals surface area contributed by atoms with Crippen LogP contribution in [0.5, 0.6) is 0 Å². The number of anilines is 2. The molecule has 0 saturated carbocycles. The summed E-state index contributed by atoms with van der Waals surface area (Å²) < 4.78 is 1.52. The smallest absolute Gasteiger partial charge is 0.349 e. The van der Waals surface area contributed by atoms with Gasteiger partial charge in [0.15, 0.2) is 5.65 Å². The summed E-state index contributed by atoms with van der Waals surface area (Å²) in [6.07, 6.45) is 3.05. The number of rotatable bonds is 6. The standard InChI is InChI=1S/C33H36ClN7O3/c1-8-27(43)39-16-21(6)40(17-20(39)5)31-24-15-25(34)29(23-11-9-10-12-26(23)36-22(7)42)37-32(24)41(33(44)38-31)30-19(4)13-14-35-28(30)18(2)3/h8-15,18,20-21H,1,16-17H2,2-7H3,(H,36,42)/t20-,21+/m1/s1. The van der Waals surface area contributed by atoms with Gasteiger partial charge in [-0.15, -0.1) is 0 Å². The van der Waals surface area contributed by atoms with Gasteiger partial charge in [-0.3, -0.25) is 14.6 Å². The number of aromatic nitrogens is 4. The molecule has 0 radical (unpaired) electrons. The van der Waals surface area contributed by atoms with Crippen LogP contribution in [-0.4, -0.2) is 61.4 Å². The van der Waals surface area contributed by atoms with Crippen LogP contribution in [0, 0.1) is 6.92 Å². The minimum absolute atomic E-state index is 0.00939. The average molecular weight is 614 g/mol. The lowest BCUT2D eigenvalue weighted by molar-refractivity contribution is -0.128. The molecule has 44 heavy (non-hydrogen) atoms. The van der Waals surface area contributed by atoms with Gasteiger partial charge in [0.2, 0.25) is 11.8 Å². The van der Waals surface area contributed by atoms with E-state index in [2.05, 4.69) is 21.9 Å². The van der Waals surface area contributed by atoms with Gasteiger partial charge in [-0.25, -0.2) is 14.3 Å². The minimum Gasteiger partial charge on any atom is -0.349 e. The number of hydrogen-bond donors (Lipinski definition) is 1. The lowest BCUT2D eigenvalue weighted by Crippen LogP contribution is -2.58. The molecule has 2 atom stereocenters. The molecule has 4 aromatic rings. The van der Waals surface area contributed by atoms with Crippen LogP contribution in [0.15, 0.2) is 60.0 Å². The highest BCUT2D eigenvalue weighted by molar-refractivity contribution is 6.34.